The third-order valence-electron chi connectivity index (χ3n) is 2.07. The Balaban J connectivity index is 2.65. The van der Waals surface area contributed by atoms with Gasteiger partial charge in [-0.05, 0) is 6.92 Å². The Morgan fingerprint density at radius 2 is 1.75 bits per heavy atom. The number of methoxy groups -OCH3 is 1. The fourth-order valence-electron chi connectivity index (χ4n) is 1.35. The maximum Gasteiger partial charge on any atom is 0.183 e. The van der Waals surface area contributed by atoms with Crippen LogP contribution in [0.15, 0.2) is 0 Å². The second kappa shape index (κ2) is 3.68. The van der Waals surface area contributed by atoms with Gasteiger partial charge < -0.3 is 24.8 Å². The van der Waals surface area contributed by atoms with Gasteiger partial charge in [-0.1, -0.05) is 0 Å². The minimum atomic E-state index is -1.33. The van der Waals surface area contributed by atoms with Gasteiger partial charge in [0.1, 0.15) is 18.3 Å². The molecule has 0 aromatic carbocycles. The summed E-state index contributed by atoms with van der Waals surface area (Å²) in [5.41, 5.74) is 0. The summed E-state index contributed by atoms with van der Waals surface area (Å²) in [7, 11) is 1.41. The maximum atomic E-state index is 9.36. The number of aliphatic hydroxyl groups excluding tert-OH is 3. The van der Waals surface area contributed by atoms with E-state index in [4.69, 9.17) is 19.7 Å². The van der Waals surface area contributed by atoms with Crippen LogP contribution in [0.1, 0.15) is 6.92 Å². The van der Waals surface area contributed by atoms with Crippen LogP contribution in [0.3, 0.4) is 0 Å². The lowest BCUT2D eigenvalue weighted by molar-refractivity contribution is -0.281. The van der Waals surface area contributed by atoms with Gasteiger partial charge in [-0.2, -0.15) is 0 Å². The third-order valence-corrected chi connectivity index (χ3v) is 2.07. The Morgan fingerprint density at radius 3 is 2.25 bits per heavy atom. The standard InChI is InChI=1S/C7H14O5/c1-3-6(11-2)4(8)5(9)7(10)12-3/h3-10H,1-2H3/t3-,4-,5-,6-,7+/m1/s1. The predicted molar refractivity (Wildman–Crippen MR) is 39.4 cm³/mol. The number of hydrogen-bond donors (Lipinski definition) is 3. The maximum absolute atomic E-state index is 9.36. The Kier molecular flexibility index (Phi) is 3.03. The quantitative estimate of drug-likeness (QED) is 0.453. The van der Waals surface area contributed by atoms with Gasteiger partial charge >= 0.3 is 0 Å². The van der Waals surface area contributed by atoms with Gasteiger partial charge in [-0.25, -0.2) is 0 Å². The summed E-state index contributed by atoms with van der Waals surface area (Å²) in [5, 5.41) is 27.6. The second-order valence-corrected chi connectivity index (χ2v) is 2.91. The molecule has 1 aliphatic heterocycles. The summed E-state index contributed by atoms with van der Waals surface area (Å²) in [4.78, 5) is 0. The van der Waals surface area contributed by atoms with Crippen molar-refractivity contribution in [1.29, 1.82) is 0 Å². The molecule has 72 valence electrons. The molecule has 5 heteroatoms. The molecule has 1 fully saturated rings. The average Bonchev–Trinajstić information content (AvgIpc) is 2.01. The molecule has 0 aromatic heterocycles. The van der Waals surface area contributed by atoms with E-state index in [1.807, 2.05) is 0 Å². The zero-order valence-electron chi connectivity index (χ0n) is 7.04. The highest BCUT2D eigenvalue weighted by molar-refractivity contribution is 4.87. The van der Waals surface area contributed by atoms with Crippen molar-refractivity contribution in [3.8, 4) is 0 Å². The van der Waals surface area contributed by atoms with Gasteiger partial charge in [0.15, 0.2) is 6.29 Å². The highest BCUT2D eigenvalue weighted by Crippen LogP contribution is 2.21. The number of hydrogen-bond acceptors (Lipinski definition) is 5. The molecule has 5 nitrogen and oxygen atoms in total. The largest absolute Gasteiger partial charge is 0.387 e. The van der Waals surface area contributed by atoms with E-state index >= 15 is 0 Å². The topological polar surface area (TPSA) is 79.2 Å². The predicted octanol–water partition coefficient (Wildman–Crippen LogP) is -1.54. The Labute approximate surface area is 70.5 Å². The Morgan fingerprint density at radius 1 is 1.17 bits per heavy atom. The van der Waals surface area contributed by atoms with Crippen molar-refractivity contribution >= 4 is 0 Å². The highest BCUT2D eigenvalue weighted by atomic mass is 16.6. The van der Waals surface area contributed by atoms with Crippen LogP contribution >= 0.6 is 0 Å². The molecule has 0 saturated carbocycles. The third kappa shape index (κ3) is 1.60. The van der Waals surface area contributed by atoms with E-state index in [0.29, 0.717) is 0 Å². The first-order chi connectivity index (χ1) is 5.57. The lowest BCUT2D eigenvalue weighted by Gasteiger charge is -2.38. The lowest BCUT2D eigenvalue weighted by Crippen LogP contribution is -2.57. The minimum absolute atomic E-state index is 0.427. The van der Waals surface area contributed by atoms with E-state index in [1.54, 1.807) is 6.92 Å². The lowest BCUT2D eigenvalue weighted by atomic mass is 10.00. The molecule has 12 heavy (non-hydrogen) atoms. The SMILES string of the molecule is CO[C@H]1[C@H](O)[C@@H](O)[C@@H](O)O[C@@H]1C. The molecular weight excluding hydrogens is 164 g/mol. The van der Waals surface area contributed by atoms with Gasteiger partial charge in [0.2, 0.25) is 0 Å². The molecule has 0 radical (unpaired) electrons. The van der Waals surface area contributed by atoms with E-state index in [-0.39, 0.29) is 0 Å². The molecule has 0 bridgehead atoms. The molecule has 0 aromatic rings. The first kappa shape index (κ1) is 9.88. The zero-order chi connectivity index (χ0) is 9.30. The second-order valence-electron chi connectivity index (χ2n) is 2.91. The zero-order valence-corrected chi connectivity index (χ0v) is 7.04. The van der Waals surface area contributed by atoms with Crippen LogP contribution in [0.25, 0.3) is 0 Å². The van der Waals surface area contributed by atoms with Crippen molar-refractivity contribution in [2.45, 2.75) is 37.6 Å². The molecule has 0 spiro atoms. The molecule has 3 N–H and O–H groups in total. The molecule has 0 amide bonds. The summed E-state index contributed by atoms with van der Waals surface area (Å²) in [5.74, 6) is 0. The fourth-order valence-corrected chi connectivity index (χ4v) is 1.35. The highest BCUT2D eigenvalue weighted by Gasteiger charge is 2.41. The number of rotatable bonds is 1. The van der Waals surface area contributed by atoms with Crippen LogP contribution in [0.5, 0.6) is 0 Å². The van der Waals surface area contributed by atoms with Gasteiger partial charge in [-0.15, -0.1) is 0 Å². The molecule has 1 rings (SSSR count). The van der Waals surface area contributed by atoms with Gasteiger partial charge in [0, 0.05) is 7.11 Å². The van der Waals surface area contributed by atoms with Crippen molar-refractivity contribution in [2.75, 3.05) is 7.11 Å². The van der Waals surface area contributed by atoms with Crippen LogP contribution in [0.2, 0.25) is 0 Å². The first-order valence-electron chi connectivity index (χ1n) is 3.80. The molecule has 0 unspecified atom stereocenters. The van der Waals surface area contributed by atoms with E-state index in [0.717, 1.165) is 0 Å². The van der Waals surface area contributed by atoms with E-state index in [2.05, 4.69) is 0 Å². The summed E-state index contributed by atoms with van der Waals surface area (Å²) in [6.45, 7) is 1.66. The average molecular weight is 178 g/mol. The number of ether oxygens (including phenoxy) is 2. The van der Waals surface area contributed by atoms with Crippen molar-refractivity contribution in [3.05, 3.63) is 0 Å². The molecular formula is C7H14O5. The van der Waals surface area contributed by atoms with Crippen LogP contribution < -0.4 is 0 Å². The normalized spacial score (nSPS) is 49.2. The van der Waals surface area contributed by atoms with Crippen molar-refractivity contribution < 1.29 is 24.8 Å². The molecule has 1 heterocycles. The minimum Gasteiger partial charge on any atom is -0.387 e. The van der Waals surface area contributed by atoms with E-state index in [9.17, 15) is 5.11 Å². The van der Waals surface area contributed by atoms with Gasteiger partial charge in [0.25, 0.3) is 0 Å². The van der Waals surface area contributed by atoms with Crippen molar-refractivity contribution in [1.82, 2.24) is 0 Å². The van der Waals surface area contributed by atoms with Gasteiger partial charge in [-0.3, -0.25) is 0 Å². The number of aliphatic hydroxyl groups is 3. The summed E-state index contributed by atoms with van der Waals surface area (Å²) >= 11 is 0. The Bertz CT molecular complexity index is 151. The monoisotopic (exact) mass is 178 g/mol. The summed E-state index contributed by atoms with van der Waals surface area (Å²) in [6.07, 6.45) is -4.76. The molecule has 1 aliphatic rings. The van der Waals surface area contributed by atoms with Gasteiger partial charge in [0.05, 0.1) is 6.10 Å². The van der Waals surface area contributed by atoms with Crippen LogP contribution in [-0.2, 0) is 9.47 Å². The fraction of sp³-hybridized carbons (Fsp3) is 1.00. The van der Waals surface area contributed by atoms with Crippen LogP contribution in [-0.4, -0.2) is 53.1 Å². The van der Waals surface area contributed by atoms with Crippen LogP contribution in [0.4, 0.5) is 0 Å². The summed E-state index contributed by atoms with van der Waals surface area (Å²) < 4.78 is 9.78. The van der Waals surface area contributed by atoms with E-state index < -0.39 is 30.7 Å². The first-order valence-corrected chi connectivity index (χ1v) is 3.80. The van der Waals surface area contributed by atoms with Crippen LogP contribution in [0, 0.1) is 0 Å². The molecule has 5 atom stereocenters. The smallest absolute Gasteiger partial charge is 0.183 e. The Hall–Kier alpha value is -0.200. The summed E-state index contributed by atoms with van der Waals surface area (Å²) in [6, 6.07) is 0. The van der Waals surface area contributed by atoms with E-state index in [1.165, 1.54) is 7.11 Å². The van der Waals surface area contributed by atoms with Crippen molar-refractivity contribution in [2.24, 2.45) is 0 Å². The molecule has 1 saturated heterocycles. The molecule has 0 aliphatic carbocycles. The van der Waals surface area contributed by atoms with Crippen molar-refractivity contribution in [3.63, 3.8) is 0 Å².